The standard InChI is InChI=1S/C18H36NO6P/c1-6-18(20)25-16(5)12-10-13-17(19(7-2,8-3)9-4)14-11-15-24-26(21,22)23/h6,16-17H,1,7-15H2,2-5H3,(H-,21,22,23)/p+1. The minimum absolute atomic E-state index is 0.0608. The first-order chi connectivity index (χ1) is 12.1. The first-order valence-electron chi connectivity index (χ1n) is 9.52. The zero-order valence-electron chi connectivity index (χ0n) is 16.7. The SMILES string of the molecule is C=CC(=O)OC(C)CCCC(CCCOP(=O)(O)O)[N+](CC)(CC)CC. The normalized spacial score (nSPS) is 14.7. The highest BCUT2D eigenvalue weighted by atomic mass is 31.2. The second-order valence-electron chi connectivity index (χ2n) is 6.67. The average molecular weight is 394 g/mol. The Balaban J connectivity index is 4.70. The molecule has 2 unspecified atom stereocenters. The monoisotopic (exact) mass is 394 g/mol. The highest BCUT2D eigenvalue weighted by molar-refractivity contribution is 7.46. The summed E-state index contributed by atoms with van der Waals surface area (Å²) in [6, 6.07) is 0.387. The maximum Gasteiger partial charge on any atom is 0.469 e. The summed E-state index contributed by atoms with van der Waals surface area (Å²) in [7, 11) is -4.40. The molecule has 2 N–H and O–H groups in total. The van der Waals surface area contributed by atoms with Crippen molar-refractivity contribution >= 4 is 13.8 Å². The molecule has 0 saturated heterocycles. The second kappa shape index (κ2) is 12.6. The summed E-state index contributed by atoms with van der Waals surface area (Å²) in [5, 5.41) is 0. The van der Waals surface area contributed by atoms with E-state index in [2.05, 4.69) is 31.9 Å². The molecule has 0 aliphatic rings. The maximum absolute atomic E-state index is 11.3. The van der Waals surface area contributed by atoms with Crippen molar-refractivity contribution in [2.45, 2.75) is 71.9 Å². The molecule has 0 radical (unpaired) electrons. The third-order valence-electron chi connectivity index (χ3n) is 5.24. The molecule has 154 valence electrons. The highest BCUT2D eigenvalue weighted by Crippen LogP contribution is 2.36. The van der Waals surface area contributed by atoms with Gasteiger partial charge in [0, 0.05) is 12.5 Å². The Morgan fingerprint density at radius 1 is 1.12 bits per heavy atom. The molecule has 0 amide bonds. The van der Waals surface area contributed by atoms with Gasteiger partial charge in [-0.2, -0.15) is 0 Å². The van der Waals surface area contributed by atoms with E-state index in [4.69, 9.17) is 14.5 Å². The Morgan fingerprint density at radius 2 is 1.65 bits per heavy atom. The zero-order chi connectivity index (χ0) is 20.2. The van der Waals surface area contributed by atoms with E-state index in [0.29, 0.717) is 12.5 Å². The number of phosphoric acid groups is 1. The number of nitrogens with zero attached hydrogens (tertiary/aromatic N) is 1. The highest BCUT2D eigenvalue weighted by Gasteiger charge is 2.31. The molecule has 0 saturated carbocycles. The fourth-order valence-corrected chi connectivity index (χ4v) is 3.95. The first kappa shape index (κ1) is 25.3. The summed E-state index contributed by atoms with van der Waals surface area (Å²) in [4.78, 5) is 28.9. The molecular formula is C18H37NO6P+. The minimum atomic E-state index is -4.40. The lowest BCUT2D eigenvalue weighted by Gasteiger charge is -2.43. The molecule has 0 spiro atoms. The number of carbonyl (C=O) groups is 1. The van der Waals surface area contributed by atoms with Crippen molar-refractivity contribution in [1.82, 2.24) is 0 Å². The molecule has 0 aromatic heterocycles. The topological polar surface area (TPSA) is 93.1 Å². The van der Waals surface area contributed by atoms with Gasteiger partial charge in [0.2, 0.25) is 0 Å². The Labute approximate surface area is 158 Å². The van der Waals surface area contributed by atoms with E-state index in [9.17, 15) is 9.36 Å². The average Bonchev–Trinajstić information content (AvgIpc) is 2.58. The van der Waals surface area contributed by atoms with Crippen LogP contribution in [0.1, 0.15) is 59.8 Å². The van der Waals surface area contributed by atoms with E-state index in [1.165, 1.54) is 6.08 Å². The van der Waals surface area contributed by atoms with Crippen molar-refractivity contribution in [3.63, 3.8) is 0 Å². The quantitative estimate of drug-likeness (QED) is 0.145. The van der Waals surface area contributed by atoms with Crippen molar-refractivity contribution in [1.29, 1.82) is 0 Å². The molecule has 0 heterocycles. The molecule has 0 aromatic rings. The summed E-state index contributed by atoms with van der Waals surface area (Å²) in [6.07, 6.45) is 5.16. The summed E-state index contributed by atoms with van der Waals surface area (Å²) in [5.41, 5.74) is 0. The Morgan fingerprint density at radius 3 is 2.12 bits per heavy atom. The van der Waals surface area contributed by atoms with Gasteiger partial charge in [0.25, 0.3) is 0 Å². The van der Waals surface area contributed by atoms with Gasteiger partial charge in [-0.3, -0.25) is 4.52 Å². The summed E-state index contributed by atoms with van der Waals surface area (Å²) >= 11 is 0. The van der Waals surface area contributed by atoms with Crippen molar-refractivity contribution in [2.24, 2.45) is 0 Å². The first-order valence-corrected chi connectivity index (χ1v) is 11.1. The molecule has 0 aliphatic heterocycles. The van der Waals surface area contributed by atoms with Crippen molar-refractivity contribution in [2.75, 3.05) is 26.2 Å². The number of carbonyl (C=O) groups excluding carboxylic acids is 1. The van der Waals surface area contributed by atoms with E-state index in [0.717, 1.165) is 49.8 Å². The molecule has 7 nitrogen and oxygen atoms in total. The van der Waals surface area contributed by atoms with E-state index in [-0.39, 0.29) is 12.7 Å². The molecule has 0 aliphatic carbocycles. The van der Waals surface area contributed by atoms with Gasteiger partial charge >= 0.3 is 13.8 Å². The third kappa shape index (κ3) is 9.83. The van der Waals surface area contributed by atoms with Crippen LogP contribution >= 0.6 is 7.82 Å². The lowest BCUT2D eigenvalue weighted by molar-refractivity contribution is -0.947. The van der Waals surface area contributed by atoms with Gasteiger partial charge in [-0.1, -0.05) is 6.58 Å². The summed E-state index contributed by atoms with van der Waals surface area (Å²) in [6.45, 7) is 14.9. The minimum Gasteiger partial charge on any atom is -0.460 e. The van der Waals surface area contributed by atoms with Crippen LogP contribution in [0.25, 0.3) is 0 Å². The van der Waals surface area contributed by atoms with Gasteiger partial charge in [0.1, 0.15) is 0 Å². The predicted octanol–water partition coefficient (Wildman–Crippen LogP) is 3.41. The number of quaternary nitrogens is 1. The number of phosphoric ester groups is 1. The fourth-order valence-electron chi connectivity index (χ4n) is 3.59. The van der Waals surface area contributed by atoms with E-state index in [1.54, 1.807) is 0 Å². The van der Waals surface area contributed by atoms with Crippen LogP contribution in [0, 0.1) is 0 Å². The summed E-state index contributed by atoms with van der Waals surface area (Å²) < 4.78 is 21.6. The fraction of sp³-hybridized carbons (Fsp3) is 0.833. The van der Waals surface area contributed by atoms with Crippen LogP contribution in [-0.4, -0.2) is 58.6 Å². The van der Waals surface area contributed by atoms with Crippen LogP contribution in [0.5, 0.6) is 0 Å². The van der Waals surface area contributed by atoms with Crippen LogP contribution < -0.4 is 0 Å². The molecule has 2 atom stereocenters. The van der Waals surface area contributed by atoms with Gasteiger partial charge in [0.05, 0.1) is 38.4 Å². The maximum atomic E-state index is 11.3. The number of rotatable bonds is 15. The molecular weight excluding hydrogens is 357 g/mol. The van der Waals surface area contributed by atoms with Crippen LogP contribution in [0.3, 0.4) is 0 Å². The molecule has 0 aromatic carbocycles. The van der Waals surface area contributed by atoms with Gasteiger partial charge in [0.15, 0.2) is 0 Å². The van der Waals surface area contributed by atoms with E-state index in [1.807, 2.05) is 6.92 Å². The number of hydrogen-bond donors (Lipinski definition) is 2. The predicted molar refractivity (Wildman–Crippen MR) is 103 cm³/mol. The van der Waals surface area contributed by atoms with Crippen LogP contribution in [0.15, 0.2) is 12.7 Å². The number of esters is 1. The van der Waals surface area contributed by atoms with Crippen LogP contribution in [0.4, 0.5) is 0 Å². The van der Waals surface area contributed by atoms with Gasteiger partial charge in [-0.05, 0) is 53.4 Å². The molecule has 26 heavy (non-hydrogen) atoms. The Bertz CT molecular complexity index is 452. The molecule has 0 rings (SSSR count). The van der Waals surface area contributed by atoms with Crippen molar-refractivity contribution in [3.05, 3.63) is 12.7 Å². The lowest BCUT2D eigenvalue weighted by Crippen LogP contribution is -2.55. The van der Waals surface area contributed by atoms with Crippen LogP contribution in [-0.2, 0) is 18.6 Å². The van der Waals surface area contributed by atoms with Crippen molar-refractivity contribution < 1.29 is 32.9 Å². The molecule has 0 bridgehead atoms. The van der Waals surface area contributed by atoms with Gasteiger partial charge < -0.3 is 19.0 Å². The number of ether oxygens (including phenoxy) is 1. The van der Waals surface area contributed by atoms with Crippen LogP contribution in [0.2, 0.25) is 0 Å². The zero-order valence-corrected chi connectivity index (χ0v) is 17.6. The third-order valence-corrected chi connectivity index (χ3v) is 5.76. The Kier molecular flexibility index (Phi) is 12.3. The lowest BCUT2D eigenvalue weighted by atomic mass is 9.98. The molecule has 8 heteroatoms. The van der Waals surface area contributed by atoms with E-state index < -0.39 is 13.8 Å². The van der Waals surface area contributed by atoms with E-state index >= 15 is 0 Å². The smallest absolute Gasteiger partial charge is 0.460 e. The van der Waals surface area contributed by atoms with Gasteiger partial charge in [-0.25, -0.2) is 9.36 Å². The summed E-state index contributed by atoms with van der Waals surface area (Å²) in [5.74, 6) is -0.399. The largest absolute Gasteiger partial charge is 0.469 e. The molecule has 0 fully saturated rings. The Hall–Kier alpha value is -0.720. The second-order valence-corrected chi connectivity index (χ2v) is 7.91. The van der Waals surface area contributed by atoms with Gasteiger partial charge in [-0.15, -0.1) is 0 Å². The van der Waals surface area contributed by atoms with Crippen molar-refractivity contribution in [3.8, 4) is 0 Å². The number of hydrogen-bond acceptors (Lipinski definition) is 4.